The minimum absolute atomic E-state index is 0.0209. The molecule has 8 nitrogen and oxygen atoms in total. The Kier molecular flexibility index (Phi) is 12.1. The number of fused-ring (bicyclic) bond motifs is 4. The van der Waals surface area contributed by atoms with E-state index in [1.807, 2.05) is 19.9 Å². The highest BCUT2D eigenvalue weighted by Gasteiger charge is 2.58. The molecule has 0 aromatic heterocycles. The number of allylic oxidation sites excluding steroid dienone is 8. The van der Waals surface area contributed by atoms with Gasteiger partial charge in [0, 0.05) is 12.8 Å². The zero-order valence-corrected chi connectivity index (χ0v) is 29.9. The summed E-state index contributed by atoms with van der Waals surface area (Å²) in [6.45, 7) is 17.9. The lowest BCUT2D eigenvalue weighted by atomic mass is 9.79. The fourth-order valence-electron chi connectivity index (χ4n) is 8.79. The number of carbonyl (C=O) groups excluding carboxylic acids is 1. The van der Waals surface area contributed by atoms with Gasteiger partial charge < -0.3 is 33.9 Å². The van der Waals surface area contributed by atoms with Gasteiger partial charge in [0.2, 0.25) is 0 Å². The van der Waals surface area contributed by atoms with Gasteiger partial charge in [-0.3, -0.25) is 4.79 Å². The van der Waals surface area contributed by atoms with Crippen LogP contribution in [0.5, 0.6) is 0 Å². The third-order valence-electron chi connectivity index (χ3n) is 11.9. The molecule has 0 spiro atoms. The van der Waals surface area contributed by atoms with Crippen LogP contribution in [0.25, 0.3) is 0 Å². The molecule has 13 unspecified atom stereocenters. The first-order chi connectivity index (χ1) is 22.8. The van der Waals surface area contributed by atoms with Crippen LogP contribution in [-0.4, -0.2) is 88.2 Å². The first-order valence-corrected chi connectivity index (χ1v) is 18.3. The van der Waals surface area contributed by atoms with Crippen molar-refractivity contribution in [2.75, 3.05) is 0 Å². The lowest BCUT2D eigenvalue weighted by Gasteiger charge is -2.49. The third-order valence-corrected chi connectivity index (χ3v) is 11.9. The molecular weight excluding hydrogens is 608 g/mol. The van der Waals surface area contributed by atoms with Crippen molar-refractivity contribution in [1.29, 1.82) is 0 Å². The molecule has 0 radical (unpaired) electrons. The summed E-state index contributed by atoms with van der Waals surface area (Å²) < 4.78 is 34.2. The smallest absolute Gasteiger partial charge is 0.143 e. The van der Waals surface area contributed by atoms with Crippen LogP contribution in [0, 0.1) is 5.92 Å². The molecule has 5 fully saturated rings. The van der Waals surface area contributed by atoms with Crippen molar-refractivity contribution in [1.82, 2.24) is 0 Å². The number of hydrogen-bond donors (Lipinski definition) is 2. The van der Waals surface area contributed by atoms with E-state index in [1.165, 1.54) is 6.08 Å². The average molecular weight is 669 g/mol. The van der Waals surface area contributed by atoms with Crippen molar-refractivity contribution in [3.8, 4) is 0 Å². The van der Waals surface area contributed by atoms with E-state index in [0.29, 0.717) is 25.7 Å². The first-order valence-electron chi connectivity index (χ1n) is 18.3. The molecule has 8 heteroatoms. The van der Waals surface area contributed by atoms with Gasteiger partial charge in [0.05, 0.1) is 65.6 Å². The zero-order valence-electron chi connectivity index (χ0n) is 29.9. The van der Waals surface area contributed by atoms with Gasteiger partial charge in [-0.2, -0.15) is 0 Å². The molecular formula is C40H60O8. The second-order valence-corrected chi connectivity index (χ2v) is 15.7. The van der Waals surface area contributed by atoms with E-state index >= 15 is 0 Å². The van der Waals surface area contributed by atoms with Crippen molar-refractivity contribution in [3.05, 3.63) is 60.8 Å². The molecule has 0 aliphatic carbocycles. The van der Waals surface area contributed by atoms with Crippen LogP contribution in [0.2, 0.25) is 0 Å². The van der Waals surface area contributed by atoms with Crippen LogP contribution >= 0.6 is 0 Å². The quantitative estimate of drug-likeness (QED) is 0.152. The molecule has 0 aromatic rings. The fourth-order valence-corrected chi connectivity index (χ4v) is 8.79. The number of aliphatic hydroxyl groups is 2. The maximum atomic E-state index is 11.7. The SMILES string of the molecule is C=C/C=C\CCC1OC2CCC3(C)OC4C(O)CC5(C)OC(CC/C=C(C)/C(C=C)=C/C=O)C(C)CC5OC4CC3OC2CCC1(C)O. The van der Waals surface area contributed by atoms with Crippen LogP contribution in [0.15, 0.2) is 60.8 Å². The summed E-state index contributed by atoms with van der Waals surface area (Å²) in [5.74, 6) is 0.274. The summed E-state index contributed by atoms with van der Waals surface area (Å²) in [6.07, 6.45) is 17.4. The molecule has 5 heterocycles. The molecule has 5 aliphatic rings. The minimum atomic E-state index is -0.930. The molecule has 5 rings (SSSR count). The molecule has 2 N–H and O–H groups in total. The second kappa shape index (κ2) is 15.5. The first kappa shape index (κ1) is 37.3. The molecule has 0 bridgehead atoms. The highest BCUT2D eigenvalue weighted by molar-refractivity contribution is 5.69. The maximum Gasteiger partial charge on any atom is 0.143 e. The molecule has 5 saturated heterocycles. The lowest BCUT2D eigenvalue weighted by Crippen LogP contribution is -2.59. The van der Waals surface area contributed by atoms with E-state index in [1.54, 1.807) is 12.2 Å². The van der Waals surface area contributed by atoms with E-state index in [9.17, 15) is 15.0 Å². The zero-order chi connectivity index (χ0) is 34.7. The fraction of sp³-hybridized carbons (Fsp3) is 0.725. The Balaban J connectivity index is 1.26. The predicted octanol–water partition coefficient (Wildman–Crippen LogP) is 6.64. The summed E-state index contributed by atoms with van der Waals surface area (Å²) in [7, 11) is 0. The standard InChI is InChI=1S/C40H60O8/c1-8-10-11-12-16-34-38(5,43)20-17-31-32(44-34)18-21-39(6)36(45-31)24-33-37(48-39)29(42)25-40(7)35(46-33)23-27(4)30(47-40)15-13-14-26(3)28(9-2)19-22-41/h8-11,14,19,22,27,29-37,42-43H,1-2,12-13,15-18,20-21,23-25H2,3-7H3/b11-10-,26-14+,28-19+. The van der Waals surface area contributed by atoms with E-state index in [-0.39, 0.29) is 48.6 Å². The van der Waals surface area contributed by atoms with Gasteiger partial charge in [0.1, 0.15) is 12.4 Å². The van der Waals surface area contributed by atoms with Crippen molar-refractivity contribution in [2.24, 2.45) is 5.92 Å². The van der Waals surface area contributed by atoms with Crippen molar-refractivity contribution < 1.29 is 38.7 Å². The van der Waals surface area contributed by atoms with Gasteiger partial charge in [-0.25, -0.2) is 0 Å². The third kappa shape index (κ3) is 8.17. The van der Waals surface area contributed by atoms with E-state index in [0.717, 1.165) is 62.4 Å². The van der Waals surface area contributed by atoms with Crippen molar-refractivity contribution >= 4 is 6.29 Å². The average Bonchev–Trinajstić information content (AvgIpc) is 3.30. The van der Waals surface area contributed by atoms with Gasteiger partial charge in [0.15, 0.2) is 0 Å². The van der Waals surface area contributed by atoms with Gasteiger partial charge in [-0.1, -0.05) is 50.5 Å². The molecule has 48 heavy (non-hydrogen) atoms. The van der Waals surface area contributed by atoms with Gasteiger partial charge in [-0.15, -0.1) is 0 Å². The van der Waals surface area contributed by atoms with Crippen LogP contribution in [0.4, 0.5) is 0 Å². The minimum Gasteiger partial charge on any atom is -0.390 e. The molecule has 0 aromatic carbocycles. The Labute approximate surface area is 288 Å². The highest BCUT2D eigenvalue weighted by Crippen LogP contribution is 2.49. The predicted molar refractivity (Wildman–Crippen MR) is 187 cm³/mol. The van der Waals surface area contributed by atoms with E-state index < -0.39 is 29.0 Å². The second-order valence-electron chi connectivity index (χ2n) is 15.7. The van der Waals surface area contributed by atoms with Crippen molar-refractivity contribution in [3.63, 3.8) is 0 Å². The lowest BCUT2D eigenvalue weighted by molar-refractivity contribution is -0.273. The summed E-state index contributed by atoms with van der Waals surface area (Å²) in [4.78, 5) is 11.0. The molecule has 0 saturated carbocycles. The number of carbonyl (C=O) groups is 1. The van der Waals surface area contributed by atoms with Crippen LogP contribution in [-0.2, 0) is 28.5 Å². The highest BCUT2D eigenvalue weighted by atomic mass is 16.6. The van der Waals surface area contributed by atoms with Crippen molar-refractivity contribution in [2.45, 2.75) is 177 Å². The Morgan fingerprint density at radius 2 is 1.62 bits per heavy atom. The maximum absolute atomic E-state index is 11.7. The number of hydrogen-bond acceptors (Lipinski definition) is 8. The van der Waals surface area contributed by atoms with E-state index in [4.69, 9.17) is 23.7 Å². The monoisotopic (exact) mass is 668 g/mol. The van der Waals surface area contributed by atoms with Crippen LogP contribution < -0.4 is 0 Å². The topological polar surface area (TPSA) is 104 Å². The Hall–Kier alpha value is -1.91. The molecule has 0 amide bonds. The Morgan fingerprint density at radius 3 is 2.35 bits per heavy atom. The van der Waals surface area contributed by atoms with Gasteiger partial charge in [0.25, 0.3) is 0 Å². The number of ether oxygens (including phenoxy) is 5. The molecule has 13 atom stereocenters. The largest absolute Gasteiger partial charge is 0.390 e. The van der Waals surface area contributed by atoms with Gasteiger partial charge >= 0.3 is 0 Å². The number of rotatable bonds is 10. The normalized spacial score (nSPS) is 45.4. The van der Waals surface area contributed by atoms with E-state index in [2.05, 4.69) is 46.1 Å². The number of aliphatic hydroxyl groups excluding tert-OH is 1. The van der Waals surface area contributed by atoms with Crippen LogP contribution in [0.3, 0.4) is 0 Å². The summed E-state index contributed by atoms with van der Waals surface area (Å²) in [5.41, 5.74) is -0.315. The summed E-state index contributed by atoms with van der Waals surface area (Å²) in [6, 6.07) is 0. The molecule has 5 aliphatic heterocycles. The summed E-state index contributed by atoms with van der Waals surface area (Å²) in [5, 5.41) is 23.1. The van der Waals surface area contributed by atoms with Gasteiger partial charge in [-0.05, 0) is 109 Å². The number of aldehydes is 1. The van der Waals surface area contributed by atoms with Crippen LogP contribution in [0.1, 0.15) is 105 Å². The Bertz CT molecular complexity index is 1240. The Morgan fingerprint density at radius 1 is 0.917 bits per heavy atom. The summed E-state index contributed by atoms with van der Waals surface area (Å²) >= 11 is 0. The molecule has 268 valence electrons.